The molecule has 1 aromatic heterocycles. The number of benzene rings is 1. The van der Waals surface area contributed by atoms with Crippen molar-refractivity contribution in [2.75, 3.05) is 0 Å². The number of aliphatic hydroxyl groups excluding tert-OH is 1. The summed E-state index contributed by atoms with van der Waals surface area (Å²) in [5.74, 6) is 0.920. The zero-order valence-electron chi connectivity index (χ0n) is 10.5. The molecule has 0 aliphatic carbocycles. The molecule has 0 saturated carbocycles. The van der Waals surface area contributed by atoms with E-state index in [1.807, 2.05) is 18.2 Å². The number of hydrogen-bond acceptors (Lipinski definition) is 3. The van der Waals surface area contributed by atoms with E-state index in [0.29, 0.717) is 0 Å². The van der Waals surface area contributed by atoms with Crippen LogP contribution in [-0.2, 0) is 6.42 Å². The van der Waals surface area contributed by atoms with E-state index in [9.17, 15) is 5.11 Å². The molecule has 1 aliphatic heterocycles. The Morgan fingerprint density at radius 2 is 2.22 bits per heavy atom. The minimum Gasteiger partial charge on any atom is -0.487 e. The van der Waals surface area contributed by atoms with Crippen LogP contribution >= 0.6 is 0 Å². The summed E-state index contributed by atoms with van der Waals surface area (Å²) in [7, 11) is 0. The molecule has 0 fully saturated rings. The fraction of sp³-hybridized carbons (Fsp3) is 0.357. The van der Waals surface area contributed by atoms with Crippen molar-refractivity contribution in [1.82, 2.24) is 10.2 Å². The summed E-state index contributed by atoms with van der Waals surface area (Å²) < 4.78 is 5.82. The predicted octanol–water partition coefficient (Wildman–Crippen LogP) is 2.20. The highest BCUT2D eigenvalue weighted by atomic mass is 16.5. The molecule has 0 amide bonds. The molecule has 0 saturated heterocycles. The number of rotatable bonds is 2. The normalized spacial score (nSPS) is 18.2. The molecule has 1 aliphatic rings. The zero-order valence-corrected chi connectivity index (χ0v) is 10.5. The summed E-state index contributed by atoms with van der Waals surface area (Å²) >= 11 is 0. The predicted molar refractivity (Wildman–Crippen MR) is 67.5 cm³/mol. The second kappa shape index (κ2) is 3.85. The number of fused-ring (bicyclic) bond motifs is 1. The lowest BCUT2D eigenvalue weighted by atomic mass is 9.97. The Morgan fingerprint density at radius 3 is 2.94 bits per heavy atom. The summed E-state index contributed by atoms with van der Waals surface area (Å²) in [6, 6.07) is 5.85. The molecule has 1 atom stereocenters. The molecular weight excluding hydrogens is 228 g/mol. The van der Waals surface area contributed by atoms with Crippen LogP contribution in [0.15, 0.2) is 30.6 Å². The lowest BCUT2D eigenvalue weighted by Gasteiger charge is -2.16. The van der Waals surface area contributed by atoms with Crippen molar-refractivity contribution in [2.45, 2.75) is 32.0 Å². The highest BCUT2D eigenvalue weighted by Gasteiger charge is 2.30. The number of nitrogens with zero attached hydrogens (tertiary/aromatic N) is 1. The third kappa shape index (κ3) is 1.88. The van der Waals surface area contributed by atoms with Gasteiger partial charge in [0.2, 0.25) is 0 Å². The molecule has 2 N–H and O–H groups in total. The topological polar surface area (TPSA) is 58.1 Å². The zero-order chi connectivity index (χ0) is 12.8. The van der Waals surface area contributed by atoms with Gasteiger partial charge in [-0.1, -0.05) is 6.07 Å². The van der Waals surface area contributed by atoms with Crippen molar-refractivity contribution in [3.05, 3.63) is 47.3 Å². The first-order valence-corrected chi connectivity index (χ1v) is 6.04. The lowest BCUT2D eigenvalue weighted by Crippen LogP contribution is -2.24. The molecule has 4 heteroatoms. The minimum absolute atomic E-state index is 0.151. The van der Waals surface area contributed by atoms with Crippen LogP contribution in [0.4, 0.5) is 0 Å². The van der Waals surface area contributed by atoms with Crippen molar-refractivity contribution in [3.8, 4) is 5.75 Å². The van der Waals surface area contributed by atoms with Gasteiger partial charge < -0.3 is 9.84 Å². The third-order valence-corrected chi connectivity index (χ3v) is 3.24. The van der Waals surface area contributed by atoms with Gasteiger partial charge >= 0.3 is 0 Å². The Labute approximate surface area is 106 Å². The molecule has 0 radical (unpaired) electrons. The van der Waals surface area contributed by atoms with E-state index >= 15 is 0 Å². The third-order valence-electron chi connectivity index (χ3n) is 3.24. The van der Waals surface area contributed by atoms with Gasteiger partial charge in [0, 0.05) is 18.2 Å². The number of H-pyrrole nitrogens is 1. The maximum absolute atomic E-state index is 10.2. The molecule has 0 spiro atoms. The maximum Gasteiger partial charge on any atom is 0.123 e. The van der Waals surface area contributed by atoms with Gasteiger partial charge in [-0.2, -0.15) is 5.10 Å². The molecule has 4 nitrogen and oxygen atoms in total. The number of ether oxygens (including phenoxy) is 1. The van der Waals surface area contributed by atoms with Crippen LogP contribution < -0.4 is 4.74 Å². The van der Waals surface area contributed by atoms with Crippen LogP contribution in [0, 0.1) is 0 Å². The van der Waals surface area contributed by atoms with Crippen LogP contribution in [-0.4, -0.2) is 20.9 Å². The monoisotopic (exact) mass is 244 g/mol. The van der Waals surface area contributed by atoms with Gasteiger partial charge in [0.25, 0.3) is 0 Å². The summed E-state index contributed by atoms with van der Waals surface area (Å²) in [6.07, 6.45) is 3.57. The van der Waals surface area contributed by atoms with Crippen molar-refractivity contribution in [2.24, 2.45) is 0 Å². The molecule has 94 valence electrons. The number of nitrogens with one attached hydrogen (secondary N) is 1. The summed E-state index contributed by atoms with van der Waals surface area (Å²) in [6.45, 7) is 4.14. The quantitative estimate of drug-likeness (QED) is 0.851. The first kappa shape index (κ1) is 11.3. The smallest absolute Gasteiger partial charge is 0.123 e. The average molecular weight is 244 g/mol. The van der Waals surface area contributed by atoms with Gasteiger partial charge in [0.1, 0.15) is 17.5 Å². The average Bonchev–Trinajstić information content (AvgIpc) is 2.91. The number of aliphatic hydroxyl groups is 1. The van der Waals surface area contributed by atoms with Crippen LogP contribution in [0.2, 0.25) is 0 Å². The first-order valence-electron chi connectivity index (χ1n) is 6.04. The van der Waals surface area contributed by atoms with E-state index in [1.54, 1.807) is 12.4 Å². The maximum atomic E-state index is 10.2. The molecule has 0 bridgehead atoms. The number of aromatic nitrogens is 2. The Bertz CT molecular complexity index is 561. The largest absolute Gasteiger partial charge is 0.487 e. The van der Waals surface area contributed by atoms with Crippen LogP contribution in [0.25, 0.3) is 0 Å². The SMILES string of the molecule is CC1(C)Cc2cc(C(O)c3cn[nH]c3)ccc2O1. The van der Waals surface area contributed by atoms with Crippen molar-refractivity contribution in [3.63, 3.8) is 0 Å². The van der Waals surface area contributed by atoms with E-state index in [-0.39, 0.29) is 5.60 Å². The molecule has 2 aromatic rings. The highest BCUT2D eigenvalue weighted by Crippen LogP contribution is 2.36. The summed E-state index contributed by atoms with van der Waals surface area (Å²) in [5.41, 5.74) is 2.64. The molecular formula is C14H16N2O2. The number of hydrogen-bond donors (Lipinski definition) is 2. The fourth-order valence-corrected chi connectivity index (χ4v) is 2.40. The Kier molecular flexibility index (Phi) is 2.41. The van der Waals surface area contributed by atoms with Crippen LogP contribution in [0.3, 0.4) is 0 Å². The van der Waals surface area contributed by atoms with Gasteiger partial charge in [0.15, 0.2) is 0 Å². The first-order chi connectivity index (χ1) is 8.55. The standard InChI is InChI=1S/C14H16N2O2/c1-14(2)6-10-5-9(3-4-12(10)18-14)13(17)11-7-15-16-8-11/h3-5,7-8,13,17H,6H2,1-2H3,(H,15,16). The van der Waals surface area contributed by atoms with Crippen molar-refractivity contribution >= 4 is 0 Å². The van der Waals surface area contributed by atoms with Gasteiger partial charge in [-0.05, 0) is 37.1 Å². The van der Waals surface area contributed by atoms with Crippen molar-refractivity contribution < 1.29 is 9.84 Å². The van der Waals surface area contributed by atoms with Gasteiger partial charge in [0.05, 0.1) is 6.20 Å². The van der Waals surface area contributed by atoms with E-state index in [1.165, 1.54) is 0 Å². The van der Waals surface area contributed by atoms with Gasteiger partial charge in [-0.25, -0.2) is 0 Å². The fourth-order valence-electron chi connectivity index (χ4n) is 2.40. The van der Waals surface area contributed by atoms with Crippen molar-refractivity contribution in [1.29, 1.82) is 0 Å². The Balaban J connectivity index is 1.93. The molecule has 3 rings (SSSR count). The Morgan fingerprint density at radius 1 is 1.39 bits per heavy atom. The summed E-state index contributed by atoms with van der Waals surface area (Å²) in [5, 5.41) is 16.8. The van der Waals surface area contributed by atoms with E-state index in [2.05, 4.69) is 24.0 Å². The summed E-state index contributed by atoms with van der Waals surface area (Å²) in [4.78, 5) is 0. The molecule has 1 aromatic carbocycles. The highest BCUT2D eigenvalue weighted by molar-refractivity contribution is 5.43. The second-order valence-corrected chi connectivity index (χ2v) is 5.34. The van der Waals surface area contributed by atoms with E-state index < -0.39 is 6.10 Å². The van der Waals surface area contributed by atoms with Crippen LogP contribution in [0.5, 0.6) is 5.75 Å². The van der Waals surface area contributed by atoms with E-state index in [0.717, 1.165) is 28.9 Å². The second-order valence-electron chi connectivity index (χ2n) is 5.34. The van der Waals surface area contributed by atoms with E-state index in [4.69, 9.17) is 4.74 Å². The minimum atomic E-state index is -0.641. The number of aromatic amines is 1. The molecule has 2 heterocycles. The lowest BCUT2D eigenvalue weighted by molar-refractivity contribution is 0.138. The molecule has 1 unspecified atom stereocenters. The van der Waals surface area contributed by atoms with Gasteiger partial charge in [-0.3, -0.25) is 5.10 Å². The van der Waals surface area contributed by atoms with Crippen LogP contribution in [0.1, 0.15) is 36.6 Å². The Hall–Kier alpha value is -1.81. The van der Waals surface area contributed by atoms with Gasteiger partial charge in [-0.15, -0.1) is 0 Å². The molecule has 18 heavy (non-hydrogen) atoms.